The first-order valence-electron chi connectivity index (χ1n) is 6.08. The highest BCUT2D eigenvalue weighted by Crippen LogP contribution is 2.06. The Balaban J connectivity index is 2.47. The Bertz CT molecular complexity index is 278. The van der Waals surface area contributed by atoms with Crippen molar-refractivity contribution in [3.63, 3.8) is 0 Å². The first-order chi connectivity index (χ1) is 7.31. The Kier molecular flexibility index (Phi) is 5.40. The monoisotopic (exact) mass is 209 g/mol. The number of nitrogens with zero attached hydrogens (tertiary/aromatic N) is 2. The van der Waals surface area contributed by atoms with Crippen molar-refractivity contribution in [2.45, 2.75) is 46.6 Å². The minimum atomic E-state index is 1.03. The second-order valence-electron chi connectivity index (χ2n) is 3.76. The summed E-state index contributed by atoms with van der Waals surface area (Å²) in [5.74, 6) is 0. The lowest BCUT2D eigenvalue weighted by atomic mass is 10.2. The van der Waals surface area contributed by atoms with E-state index in [9.17, 15) is 0 Å². The van der Waals surface area contributed by atoms with Crippen molar-refractivity contribution in [2.75, 3.05) is 13.1 Å². The first kappa shape index (κ1) is 12.2. The van der Waals surface area contributed by atoms with E-state index >= 15 is 0 Å². The van der Waals surface area contributed by atoms with E-state index in [1.165, 1.54) is 11.4 Å². The predicted molar refractivity (Wildman–Crippen MR) is 64.1 cm³/mol. The molecule has 0 aliphatic rings. The molecule has 1 N–H and O–H groups in total. The van der Waals surface area contributed by atoms with Gasteiger partial charge in [0.15, 0.2) is 0 Å². The summed E-state index contributed by atoms with van der Waals surface area (Å²) >= 11 is 0. The summed E-state index contributed by atoms with van der Waals surface area (Å²) in [5, 5.41) is 7.92. The molecule has 1 heterocycles. The van der Waals surface area contributed by atoms with Crippen molar-refractivity contribution in [3.8, 4) is 0 Å². The van der Waals surface area contributed by atoms with Gasteiger partial charge in [-0.15, -0.1) is 0 Å². The van der Waals surface area contributed by atoms with Gasteiger partial charge in [0.2, 0.25) is 0 Å². The third-order valence-corrected chi connectivity index (χ3v) is 2.61. The van der Waals surface area contributed by atoms with Crippen molar-refractivity contribution in [1.82, 2.24) is 15.1 Å². The van der Waals surface area contributed by atoms with E-state index in [0.717, 1.165) is 38.9 Å². The topological polar surface area (TPSA) is 29.9 Å². The van der Waals surface area contributed by atoms with Crippen LogP contribution in [0.15, 0.2) is 6.07 Å². The number of nitrogens with one attached hydrogen (secondary N) is 1. The van der Waals surface area contributed by atoms with Crippen molar-refractivity contribution in [2.24, 2.45) is 0 Å². The SMILES string of the molecule is CCNCCCn1nc(CC)cc1CC. The second kappa shape index (κ2) is 6.62. The van der Waals surface area contributed by atoms with Crippen LogP contribution in [0.3, 0.4) is 0 Å². The summed E-state index contributed by atoms with van der Waals surface area (Å²) in [5.41, 5.74) is 2.58. The molecule has 0 saturated carbocycles. The van der Waals surface area contributed by atoms with Gasteiger partial charge < -0.3 is 5.32 Å². The fraction of sp³-hybridized carbons (Fsp3) is 0.750. The van der Waals surface area contributed by atoms with Crippen LogP contribution in [0.1, 0.15) is 38.6 Å². The predicted octanol–water partition coefficient (Wildman–Crippen LogP) is 2.01. The van der Waals surface area contributed by atoms with E-state index in [-0.39, 0.29) is 0 Å². The summed E-state index contributed by atoms with van der Waals surface area (Å²) in [6.45, 7) is 9.67. The molecule has 86 valence electrons. The molecule has 15 heavy (non-hydrogen) atoms. The van der Waals surface area contributed by atoms with E-state index in [0.29, 0.717) is 0 Å². The van der Waals surface area contributed by atoms with E-state index < -0.39 is 0 Å². The molecule has 0 spiro atoms. The smallest absolute Gasteiger partial charge is 0.0624 e. The number of aryl methyl sites for hydroxylation is 3. The molecule has 0 bridgehead atoms. The molecule has 0 saturated heterocycles. The van der Waals surface area contributed by atoms with Crippen molar-refractivity contribution >= 4 is 0 Å². The molecule has 1 rings (SSSR count). The van der Waals surface area contributed by atoms with Crippen molar-refractivity contribution < 1.29 is 0 Å². The molecular weight excluding hydrogens is 186 g/mol. The van der Waals surface area contributed by atoms with Gasteiger partial charge >= 0.3 is 0 Å². The molecule has 3 heteroatoms. The van der Waals surface area contributed by atoms with E-state index in [1.807, 2.05) is 0 Å². The van der Waals surface area contributed by atoms with Gasteiger partial charge in [-0.3, -0.25) is 4.68 Å². The molecule has 0 atom stereocenters. The molecule has 1 aromatic heterocycles. The highest BCUT2D eigenvalue weighted by Gasteiger charge is 2.04. The molecule has 0 aliphatic carbocycles. The Morgan fingerprint density at radius 3 is 2.67 bits per heavy atom. The molecule has 0 radical (unpaired) electrons. The van der Waals surface area contributed by atoms with Gasteiger partial charge in [0.1, 0.15) is 0 Å². The van der Waals surface area contributed by atoms with E-state index in [2.05, 4.69) is 41.9 Å². The molecule has 0 aliphatic heterocycles. The van der Waals surface area contributed by atoms with Crippen LogP contribution in [0.25, 0.3) is 0 Å². The van der Waals surface area contributed by atoms with Gasteiger partial charge in [-0.25, -0.2) is 0 Å². The molecule has 1 aromatic rings. The summed E-state index contributed by atoms with van der Waals surface area (Å²) in [6.07, 6.45) is 3.27. The van der Waals surface area contributed by atoms with Crippen LogP contribution in [0.4, 0.5) is 0 Å². The quantitative estimate of drug-likeness (QED) is 0.696. The highest BCUT2D eigenvalue weighted by molar-refractivity contribution is 5.10. The first-order valence-corrected chi connectivity index (χ1v) is 6.08. The van der Waals surface area contributed by atoms with Crippen LogP contribution in [0.5, 0.6) is 0 Å². The summed E-state index contributed by atoms with van der Waals surface area (Å²) < 4.78 is 2.16. The zero-order chi connectivity index (χ0) is 11.1. The summed E-state index contributed by atoms with van der Waals surface area (Å²) in [4.78, 5) is 0. The van der Waals surface area contributed by atoms with Gasteiger partial charge in [0, 0.05) is 12.2 Å². The molecular formula is C12H23N3. The molecule has 0 amide bonds. The van der Waals surface area contributed by atoms with Crippen LogP contribution in [-0.2, 0) is 19.4 Å². The van der Waals surface area contributed by atoms with Gasteiger partial charge in [0.25, 0.3) is 0 Å². The summed E-state index contributed by atoms with van der Waals surface area (Å²) in [6, 6.07) is 2.23. The van der Waals surface area contributed by atoms with Crippen LogP contribution in [0, 0.1) is 0 Å². The minimum absolute atomic E-state index is 1.03. The van der Waals surface area contributed by atoms with Crippen LogP contribution >= 0.6 is 0 Å². The zero-order valence-electron chi connectivity index (χ0n) is 10.2. The Hall–Kier alpha value is -0.830. The minimum Gasteiger partial charge on any atom is -0.317 e. The third kappa shape index (κ3) is 3.67. The van der Waals surface area contributed by atoms with Crippen LogP contribution in [0.2, 0.25) is 0 Å². The Morgan fingerprint density at radius 2 is 2.07 bits per heavy atom. The average molecular weight is 209 g/mol. The molecule has 0 unspecified atom stereocenters. The molecule has 0 fully saturated rings. The lowest BCUT2D eigenvalue weighted by molar-refractivity contribution is 0.530. The van der Waals surface area contributed by atoms with Gasteiger partial charge in [-0.2, -0.15) is 5.10 Å². The number of hydrogen-bond donors (Lipinski definition) is 1. The number of aromatic nitrogens is 2. The van der Waals surface area contributed by atoms with Crippen molar-refractivity contribution in [1.29, 1.82) is 0 Å². The zero-order valence-corrected chi connectivity index (χ0v) is 10.2. The maximum atomic E-state index is 4.59. The average Bonchev–Trinajstić information content (AvgIpc) is 2.67. The summed E-state index contributed by atoms with van der Waals surface area (Å²) in [7, 11) is 0. The van der Waals surface area contributed by atoms with E-state index in [4.69, 9.17) is 0 Å². The highest BCUT2D eigenvalue weighted by atomic mass is 15.3. The van der Waals surface area contributed by atoms with E-state index in [1.54, 1.807) is 0 Å². The lowest BCUT2D eigenvalue weighted by Crippen LogP contribution is -2.17. The normalized spacial score (nSPS) is 10.9. The fourth-order valence-electron chi connectivity index (χ4n) is 1.70. The number of rotatable bonds is 7. The van der Waals surface area contributed by atoms with Gasteiger partial charge in [-0.1, -0.05) is 20.8 Å². The van der Waals surface area contributed by atoms with Gasteiger partial charge in [-0.05, 0) is 38.4 Å². The molecule has 0 aromatic carbocycles. The Labute approximate surface area is 92.9 Å². The largest absolute Gasteiger partial charge is 0.317 e. The maximum Gasteiger partial charge on any atom is 0.0624 e. The fourth-order valence-corrected chi connectivity index (χ4v) is 1.70. The maximum absolute atomic E-state index is 4.59. The van der Waals surface area contributed by atoms with Crippen molar-refractivity contribution in [3.05, 3.63) is 17.5 Å². The number of hydrogen-bond acceptors (Lipinski definition) is 2. The molecule has 3 nitrogen and oxygen atoms in total. The Morgan fingerprint density at radius 1 is 1.27 bits per heavy atom. The lowest BCUT2D eigenvalue weighted by Gasteiger charge is -2.05. The third-order valence-electron chi connectivity index (χ3n) is 2.61. The van der Waals surface area contributed by atoms with Crippen LogP contribution in [-0.4, -0.2) is 22.9 Å². The standard InChI is InChI=1S/C12H23N3/c1-4-11-10-12(5-2)15(14-11)9-7-8-13-6-3/h10,13H,4-9H2,1-3H3. The van der Waals surface area contributed by atoms with Crippen LogP contribution < -0.4 is 5.32 Å². The second-order valence-corrected chi connectivity index (χ2v) is 3.76. The van der Waals surface area contributed by atoms with Gasteiger partial charge in [0.05, 0.1) is 5.69 Å².